The first-order valence-electron chi connectivity index (χ1n) is 6.50. The number of carbonyl (C=O) groups excluding carboxylic acids is 1. The van der Waals surface area contributed by atoms with E-state index in [0.717, 1.165) is 11.3 Å². The number of hydrogen-bond acceptors (Lipinski definition) is 4. The van der Waals surface area contributed by atoms with E-state index in [0.29, 0.717) is 12.3 Å². The minimum Gasteiger partial charge on any atom is -0.481 e. The second-order valence-corrected chi connectivity index (χ2v) is 5.96. The molecule has 1 heterocycles. The number of carboxylic acids is 1. The summed E-state index contributed by atoms with van der Waals surface area (Å²) in [6.07, 6.45) is 0.164. The quantitative estimate of drug-likeness (QED) is 0.864. The first-order chi connectivity index (χ1) is 9.12. The average molecular weight is 282 g/mol. The van der Waals surface area contributed by atoms with Gasteiger partial charge in [-0.2, -0.15) is 0 Å². The number of hydrogen-bond donors (Lipinski definition) is 1. The Kier molecular flexibility index (Phi) is 4.92. The zero-order valence-electron chi connectivity index (χ0n) is 12.7. The molecule has 0 aliphatic carbocycles. The third-order valence-corrected chi connectivity index (χ3v) is 3.26. The maximum absolute atomic E-state index is 12.2. The molecule has 1 aromatic heterocycles. The van der Waals surface area contributed by atoms with E-state index in [1.807, 2.05) is 13.8 Å². The SMILES string of the molecule is Cc1noc(C)c1CN(C)C(=O)CC(C)(C)CC(=O)O. The van der Waals surface area contributed by atoms with Crippen LogP contribution >= 0.6 is 0 Å². The van der Waals surface area contributed by atoms with Gasteiger partial charge >= 0.3 is 5.97 Å². The lowest BCUT2D eigenvalue weighted by Gasteiger charge is -2.25. The van der Waals surface area contributed by atoms with Crippen LogP contribution in [0, 0.1) is 19.3 Å². The van der Waals surface area contributed by atoms with Crippen molar-refractivity contribution >= 4 is 11.9 Å². The highest BCUT2D eigenvalue weighted by molar-refractivity contribution is 5.77. The number of carbonyl (C=O) groups is 2. The number of aromatic nitrogens is 1. The van der Waals surface area contributed by atoms with Crippen molar-refractivity contribution in [1.29, 1.82) is 0 Å². The highest BCUT2D eigenvalue weighted by atomic mass is 16.5. The fraction of sp³-hybridized carbons (Fsp3) is 0.643. The number of aryl methyl sites for hydroxylation is 2. The van der Waals surface area contributed by atoms with E-state index in [1.54, 1.807) is 25.8 Å². The van der Waals surface area contributed by atoms with E-state index in [-0.39, 0.29) is 18.7 Å². The number of rotatable bonds is 6. The van der Waals surface area contributed by atoms with E-state index < -0.39 is 11.4 Å². The van der Waals surface area contributed by atoms with Crippen molar-refractivity contribution in [3.63, 3.8) is 0 Å². The van der Waals surface area contributed by atoms with Crippen LogP contribution in [0.2, 0.25) is 0 Å². The summed E-state index contributed by atoms with van der Waals surface area (Å²) in [4.78, 5) is 24.5. The first-order valence-corrected chi connectivity index (χ1v) is 6.50. The van der Waals surface area contributed by atoms with Crippen molar-refractivity contribution in [2.45, 2.75) is 47.1 Å². The van der Waals surface area contributed by atoms with Crippen molar-refractivity contribution in [1.82, 2.24) is 10.1 Å². The van der Waals surface area contributed by atoms with Gasteiger partial charge in [0, 0.05) is 19.0 Å². The third kappa shape index (κ3) is 4.36. The minimum atomic E-state index is -0.892. The van der Waals surface area contributed by atoms with Gasteiger partial charge in [-0.25, -0.2) is 0 Å². The molecule has 6 nitrogen and oxygen atoms in total. The topological polar surface area (TPSA) is 83.6 Å². The fourth-order valence-corrected chi connectivity index (χ4v) is 2.07. The van der Waals surface area contributed by atoms with Crippen LogP contribution < -0.4 is 0 Å². The van der Waals surface area contributed by atoms with Crippen LogP contribution in [0.3, 0.4) is 0 Å². The molecule has 0 saturated carbocycles. The van der Waals surface area contributed by atoms with E-state index in [4.69, 9.17) is 9.63 Å². The van der Waals surface area contributed by atoms with Crippen molar-refractivity contribution in [2.75, 3.05) is 7.05 Å². The standard InChI is InChI=1S/C14H22N2O4/c1-9-11(10(2)20-15-9)8-16(5)12(17)6-14(3,4)7-13(18)19/h6-8H2,1-5H3,(H,18,19). The summed E-state index contributed by atoms with van der Waals surface area (Å²) in [7, 11) is 1.70. The van der Waals surface area contributed by atoms with E-state index >= 15 is 0 Å². The van der Waals surface area contributed by atoms with Crippen LogP contribution in [-0.4, -0.2) is 34.1 Å². The summed E-state index contributed by atoms with van der Waals surface area (Å²) >= 11 is 0. The maximum Gasteiger partial charge on any atom is 0.303 e. The summed E-state index contributed by atoms with van der Waals surface area (Å²) in [5.41, 5.74) is 1.11. The highest BCUT2D eigenvalue weighted by Gasteiger charge is 2.27. The molecule has 0 saturated heterocycles. The number of amides is 1. The third-order valence-electron chi connectivity index (χ3n) is 3.26. The van der Waals surface area contributed by atoms with Crippen LogP contribution in [0.5, 0.6) is 0 Å². The molecule has 0 bridgehead atoms. The lowest BCUT2D eigenvalue weighted by atomic mass is 9.85. The Labute approximate surface area is 118 Å². The molecule has 0 aliphatic rings. The maximum atomic E-state index is 12.2. The Bertz CT molecular complexity index is 486. The Morgan fingerprint density at radius 2 is 1.90 bits per heavy atom. The molecule has 0 atom stereocenters. The van der Waals surface area contributed by atoms with Crippen molar-refractivity contribution in [3.05, 3.63) is 17.0 Å². The molecule has 6 heteroatoms. The van der Waals surface area contributed by atoms with Crippen LogP contribution in [0.4, 0.5) is 0 Å². The Balaban J connectivity index is 2.66. The molecule has 1 rings (SSSR count). The van der Waals surface area contributed by atoms with Gasteiger partial charge < -0.3 is 14.5 Å². The number of nitrogens with zero attached hydrogens (tertiary/aromatic N) is 2. The van der Waals surface area contributed by atoms with Crippen LogP contribution in [0.1, 0.15) is 43.7 Å². The fourth-order valence-electron chi connectivity index (χ4n) is 2.07. The van der Waals surface area contributed by atoms with Gasteiger partial charge in [-0.05, 0) is 19.3 Å². The largest absolute Gasteiger partial charge is 0.481 e. The molecule has 1 N–H and O–H groups in total. The molecule has 20 heavy (non-hydrogen) atoms. The second kappa shape index (κ2) is 6.07. The van der Waals surface area contributed by atoms with Crippen molar-refractivity contribution < 1.29 is 19.2 Å². The van der Waals surface area contributed by atoms with Crippen molar-refractivity contribution in [2.24, 2.45) is 5.41 Å². The van der Waals surface area contributed by atoms with E-state index in [9.17, 15) is 9.59 Å². The van der Waals surface area contributed by atoms with Gasteiger partial charge in [-0.3, -0.25) is 9.59 Å². The summed E-state index contributed by atoms with van der Waals surface area (Å²) in [5.74, 6) is -0.278. The molecule has 0 radical (unpaired) electrons. The van der Waals surface area contributed by atoms with Gasteiger partial charge in [0.25, 0.3) is 0 Å². The molecular weight excluding hydrogens is 260 g/mol. The lowest BCUT2D eigenvalue weighted by Crippen LogP contribution is -2.31. The summed E-state index contributed by atoms with van der Waals surface area (Å²) < 4.78 is 5.06. The highest BCUT2D eigenvalue weighted by Crippen LogP contribution is 2.26. The van der Waals surface area contributed by atoms with Crippen LogP contribution in [-0.2, 0) is 16.1 Å². The molecule has 0 aliphatic heterocycles. The van der Waals surface area contributed by atoms with Crippen LogP contribution in [0.15, 0.2) is 4.52 Å². The zero-order valence-corrected chi connectivity index (χ0v) is 12.7. The van der Waals surface area contributed by atoms with E-state index in [2.05, 4.69) is 5.16 Å². The summed E-state index contributed by atoms with van der Waals surface area (Å²) in [5, 5.41) is 12.7. The Morgan fingerprint density at radius 1 is 1.30 bits per heavy atom. The Morgan fingerprint density at radius 3 is 2.35 bits per heavy atom. The van der Waals surface area contributed by atoms with E-state index in [1.165, 1.54) is 0 Å². The van der Waals surface area contributed by atoms with Gasteiger partial charge in [-0.1, -0.05) is 19.0 Å². The smallest absolute Gasteiger partial charge is 0.303 e. The molecule has 112 valence electrons. The van der Waals surface area contributed by atoms with Gasteiger partial charge in [0.15, 0.2) is 0 Å². The van der Waals surface area contributed by atoms with Gasteiger partial charge in [0.1, 0.15) is 5.76 Å². The minimum absolute atomic E-state index is 0.0299. The van der Waals surface area contributed by atoms with Gasteiger partial charge in [-0.15, -0.1) is 0 Å². The molecular formula is C14H22N2O4. The molecule has 0 fully saturated rings. The average Bonchev–Trinajstić information content (AvgIpc) is 2.58. The van der Waals surface area contributed by atoms with Crippen molar-refractivity contribution in [3.8, 4) is 0 Å². The normalized spacial score (nSPS) is 11.4. The lowest BCUT2D eigenvalue weighted by molar-refractivity contribution is -0.140. The second-order valence-electron chi connectivity index (χ2n) is 5.96. The summed E-state index contributed by atoms with van der Waals surface area (Å²) in [6, 6.07) is 0. The van der Waals surface area contributed by atoms with Gasteiger partial charge in [0.2, 0.25) is 5.91 Å². The molecule has 1 amide bonds. The predicted octanol–water partition coefficient (Wildman–Crippen LogP) is 2.14. The Hall–Kier alpha value is -1.85. The monoisotopic (exact) mass is 282 g/mol. The summed E-state index contributed by atoms with van der Waals surface area (Å²) in [6.45, 7) is 7.62. The van der Waals surface area contributed by atoms with Gasteiger partial charge in [0.05, 0.1) is 18.7 Å². The molecule has 0 unspecified atom stereocenters. The predicted molar refractivity (Wildman–Crippen MR) is 73.1 cm³/mol. The van der Waals surface area contributed by atoms with Crippen LogP contribution in [0.25, 0.3) is 0 Å². The number of aliphatic carboxylic acids is 1. The molecule has 1 aromatic rings. The molecule has 0 spiro atoms. The zero-order chi connectivity index (χ0) is 15.5. The molecule has 0 aromatic carbocycles. The first kappa shape index (κ1) is 16.2. The number of carboxylic acid groups (broad SMARTS) is 1.